The van der Waals surface area contributed by atoms with Crippen LogP contribution in [0.25, 0.3) is 5.69 Å². The van der Waals surface area contributed by atoms with Gasteiger partial charge in [0.2, 0.25) is 0 Å². The van der Waals surface area contributed by atoms with Crippen molar-refractivity contribution in [2.45, 2.75) is 6.18 Å². The molecule has 128 valence electrons. The van der Waals surface area contributed by atoms with Gasteiger partial charge >= 0.3 is 6.18 Å². The van der Waals surface area contributed by atoms with Gasteiger partial charge in [-0.15, -0.1) is 5.10 Å². The summed E-state index contributed by atoms with van der Waals surface area (Å²) in [6, 6.07) is 7.33. The summed E-state index contributed by atoms with van der Waals surface area (Å²) in [6.07, 6.45) is -3.28. The molecular formula is C15H9F4N5O. The molecule has 0 aliphatic heterocycles. The highest BCUT2D eigenvalue weighted by atomic mass is 19.4. The summed E-state index contributed by atoms with van der Waals surface area (Å²) in [4.78, 5) is 12.4. The lowest BCUT2D eigenvalue weighted by molar-refractivity contribution is -0.137. The van der Waals surface area contributed by atoms with Crippen molar-refractivity contribution in [3.63, 3.8) is 0 Å². The second kappa shape index (κ2) is 6.30. The molecule has 0 bridgehead atoms. The van der Waals surface area contributed by atoms with Crippen LogP contribution in [0, 0.1) is 5.82 Å². The second-order valence-corrected chi connectivity index (χ2v) is 4.95. The van der Waals surface area contributed by atoms with Crippen LogP contribution < -0.4 is 5.32 Å². The van der Waals surface area contributed by atoms with Gasteiger partial charge < -0.3 is 5.32 Å². The molecule has 0 saturated heterocycles. The minimum absolute atomic E-state index is 0.0496. The number of rotatable bonds is 3. The van der Waals surface area contributed by atoms with Gasteiger partial charge in [-0.3, -0.25) is 4.79 Å². The van der Waals surface area contributed by atoms with Crippen LogP contribution in [-0.2, 0) is 6.18 Å². The van der Waals surface area contributed by atoms with Gasteiger partial charge in [0, 0.05) is 11.8 Å². The Morgan fingerprint density at radius 3 is 2.40 bits per heavy atom. The number of anilines is 1. The molecule has 1 amide bonds. The minimum atomic E-state index is -4.47. The number of nitrogens with zero attached hydrogens (tertiary/aromatic N) is 4. The summed E-state index contributed by atoms with van der Waals surface area (Å²) in [5.41, 5.74) is -0.533. The first-order valence-corrected chi connectivity index (χ1v) is 6.86. The lowest BCUT2D eigenvalue weighted by atomic mass is 10.1. The van der Waals surface area contributed by atoms with E-state index in [0.717, 1.165) is 41.1 Å². The predicted molar refractivity (Wildman–Crippen MR) is 78.5 cm³/mol. The van der Waals surface area contributed by atoms with Crippen molar-refractivity contribution in [1.29, 1.82) is 0 Å². The van der Waals surface area contributed by atoms with E-state index in [9.17, 15) is 22.4 Å². The molecule has 0 aliphatic carbocycles. The molecule has 0 atom stereocenters. The zero-order chi connectivity index (χ0) is 18.0. The maximum atomic E-state index is 13.5. The molecule has 0 spiro atoms. The van der Waals surface area contributed by atoms with Crippen molar-refractivity contribution in [3.05, 3.63) is 65.7 Å². The normalized spacial score (nSPS) is 11.4. The average Bonchev–Trinajstić information content (AvgIpc) is 3.08. The number of carbonyl (C=O) groups excluding carboxylic acids is 1. The van der Waals surface area contributed by atoms with Crippen LogP contribution in [-0.4, -0.2) is 26.1 Å². The van der Waals surface area contributed by atoms with Gasteiger partial charge in [-0.25, -0.2) is 4.39 Å². The van der Waals surface area contributed by atoms with E-state index in [0.29, 0.717) is 0 Å². The molecule has 1 N–H and O–H groups in total. The first-order chi connectivity index (χ1) is 11.8. The smallest absolute Gasteiger partial charge is 0.322 e. The number of amides is 1. The molecule has 0 radical (unpaired) electrons. The van der Waals surface area contributed by atoms with Gasteiger partial charge in [0.15, 0.2) is 0 Å². The van der Waals surface area contributed by atoms with Crippen molar-refractivity contribution in [1.82, 2.24) is 20.2 Å². The second-order valence-electron chi connectivity index (χ2n) is 4.95. The number of halogens is 4. The lowest BCUT2D eigenvalue weighted by Crippen LogP contribution is -2.16. The summed E-state index contributed by atoms with van der Waals surface area (Å²) in [5, 5.41) is 12.9. The molecule has 3 rings (SSSR count). The van der Waals surface area contributed by atoms with Crippen molar-refractivity contribution in [2.75, 3.05) is 5.32 Å². The van der Waals surface area contributed by atoms with Crippen molar-refractivity contribution in [3.8, 4) is 5.69 Å². The first kappa shape index (κ1) is 16.6. The Kier molecular flexibility index (Phi) is 4.17. The summed E-state index contributed by atoms with van der Waals surface area (Å²) in [7, 11) is 0. The third-order valence-corrected chi connectivity index (χ3v) is 3.27. The quantitative estimate of drug-likeness (QED) is 0.736. The van der Waals surface area contributed by atoms with Gasteiger partial charge in [-0.1, -0.05) is 0 Å². The number of carbonyl (C=O) groups is 1. The van der Waals surface area contributed by atoms with E-state index in [1.54, 1.807) is 0 Å². The SMILES string of the molecule is O=C(Nc1ccc(C(F)(F)F)cc1)c1ccc(F)cc1-n1cnnn1. The molecule has 1 heterocycles. The van der Waals surface area contributed by atoms with E-state index in [2.05, 4.69) is 20.8 Å². The van der Waals surface area contributed by atoms with E-state index in [1.807, 2.05) is 0 Å². The van der Waals surface area contributed by atoms with Gasteiger partial charge in [-0.05, 0) is 46.8 Å². The molecule has 6 nitrogen and oxygen atoms in total. The fourth-order valence-corrected chi connectivity index (χ4v) is 2.10. The Morgan fingerprint density at radius 1 is 1.08 bits per heavy atom. The zero-order valence-electron chi connectivity index (χ0n) is 12.3. The van der Waals surface area contributed by atoms with Crippen LogP contribution in [0.5, 0.6) is 0 Å². The van der Waals surface area contributed by atoms with Crippen molar-refractivity contribution in [2.24, 2.45) is 0 Å². The number of hydrogen-bond acceptors (Lipinski definition) is 4. The highest BCUT2D eigenvalue weighted by molar-refractivity contribution is 6.06. The topological polar surface area (TPSA) is 72.7 Å². The highest BCUT2D eigenvalue weighted by Crippen LogP contribution is 2.30. The Hall–Kier alpha value is -3.30. The molecular weight excluding hydrogens is 342 g/mol. The van der Waals surface area contributed by atoms with E-state index in [4.69, 9.17) is 0 Å². The summed E-state index contributed by atoms with van der Waals surface area (Å²) in [5.74, 6) is -1.25. The van der Waals surface area contributed by atoms with Crippen LogP contribution >= 0.6 is 0 Å². The summed E-state index contributed by atoms with van der Waals surface area (Å²) >= 11 is 0. The standard InChI is InChI=1S/C15H9F4N5O/c16-10-3-6-12(13(7-10)24-8-20-22-23-24)14(25)21-11-4-1-9(2-5-11)15(17,18)19/h1-8H,(H,21,25). The lowest BCUT2D eigenvalue weighted by Gasteiger charge is -2.11. The Balaban J connectivity index is 1.87. The minimum Gasteiger partial charge on any atom is -0.322 e. The van der Waals surface area contributed by atoms with Crippen LogP contribution in [0.15, 0.2) is 48.8 Å². The monoisotopic (exact) mass is 351 g/mol. The predicted octanol–water partition coefficient (Wildman–Crippen LogP) is 3.07. The van der Waals surface area contributed by atoms with Crippen LogP contribution in [0.2, 0.25) is 0 Å². The maximum absolute atomic E-state index is 13.5. The molecule has 3 aromatic rings. The molecule has 10 heteroatoms. The van der Waals surface area contributed by atoms with Gasteiger partial charge in [0.1, 0.15) is 12.1 Å². The number of benzene rings is 2. The number of hydrogen-bond donors (Lipinski definition) is 1. The molecule has 1 aromatic heterocycles. The van der Waals surface area contributed by atoms with E-state index in [-0.39, 0.29) is 16.9 Å². The number of nitrogens with one attached hydrogen (secondary N) is 1. The third kappa shape index (κ3) is 3.62. The van der Waals surface area contributed by atoms with Gasteiger partial charge in [0.05, 0.1) is 16.8 Å². The molecule has 2 aromatic carbocycles. The summed E-state index contributed by atoms with van der Waals surface area (Å²) < 4.78 is 52.2. The van der Waals surface area contributed by atoms with Crippen LogP contribution in [0.4, 0.5) is 23.2 Å². The van der Waals surface area contributed by atoms with Crippen LogP contribution in [0.3, 0.4) is 0 Å². The largest absolute Gasteiger partial charge is 0.416 e. The fraction of sp³-hybridized carbons (Fsp3) is 0.0667. The maximum Gasteiger partial charge on any atom is 0.416 e. The van der Waals surface area contributed by atoms with E-state index >= 15 is 0 Å². The first-order valence-electron chi connectivity index (χ1n) is 6.86. The number of tetrazole rings is 1. The number of aromatic nitrogens is 4. The van der Waals surface area contributed by atoms with Crippen molar-refractivity contribution < 1.29 is 22.4 Å². The Morgan fingerprint density at radius 2 is 1.80 bits per heavy atom. The van der Waals surface area contributed by atoms with Crippen molar-refractivity contribution >= 4 is 11.6 Å². The average molecular weight is 351 g/mol. The molecule has 0 unspecified atom stereocenters. The van der Waals surface area contributed by atoms with E-state index in [1.165, 1.54) is 12.4 Å². The molecule has 0 fully saturated rings. The van der Waals surface area contributed by atoms with Gasteiger partial charge in [0.25, 0.3) is 5.91 Å². The molecule has 0 saturated carbocycles. The Labute approximate surface area is 138 Å². The zero-order valence-corrected chi connectivity index (χ0v) is 12.3. The number of alkyl halides is 3. The van der Waals surface area contributed by atoms with Crippen LogP contribution in [0.1, 0.15) is 15.9 Å². The Bertz CT molecular complexity index is 891. The third-order valence-electron chi connectivity index (χ3n) is 3.27. The van der Waals surface area contributed by atoms with E-state index < -0.39 is 23.5 Å². The molecule has 25 heavy (non-hydrogen) atoms. The molecule has 0 aliphatic rings. The highest BCUT2D eigenvalue weighted by Gasteiger charge is 2.30. The fourth-order valence-electron chi connectivity index (χ4n) is 2.10. The van der Waals surface area contributed by atoms with Gasteiger partial charge in [-0.2, -0.15) is 17.9 Å². The summed E-state index contributed by atoms with van der Waals surface area (Å²) in [6.45, 7) is 0.